The molecule has 0 fully saturated rings. The smallest absolute Gasteiger partial charge is 0.202 e. The van der Waals surface area contributed by atoms with Gasteiger partial charge >= 0.3 is 0 Å². The Morgan fingerprint density at radius 1 is 1.10 bits per heavy atom. The van der Waals surface area contributed by atoms with Gasteiger partial charge in [-0.25, -0.2) is 0 Å². The second-order valence-electron chi connectivity index (χ2n) is 4.14. The highest BCUT2D eigenvalue weighted by molar-refractivity contribution is 6.15. The third-order valence-corrected chi connectivity index (χ3v) is 2.92. The highest BCUT2D eigenvalue weighted by Gasteiger charge is 2.22. The van der Waals surface area contributed by atoms with Crippen molar-refractivity contribution in [2.24, 2.45) is 0 Å². The van der Waals surface area contributed by atoms with Crippen molar-refractivity contribution in [3.8, 4) is 17.2 Å². The molecule has 2 rings (SSSR count). The van der Waals surface area contributed by atoms with Crippen LogP contribution < -0.4 is 15.2 Å². The van der Waals surface area contributed by atoms with Gasteiger partial charge in [-0.1, -0.05) is 12.1 Å². The van der Waals surface area contributed by atoms with Gasteiger partial charge in [0, 0.05) is 23.4 Å². The Kier molecular flexibility index (Phi) is 3.79. The van der Waals surface area contributed by atoms with E-state index >= 15 is 0 Å². The van der Waals surface area contributed by atoms with Gasteiger partial charge in [0.1, 0.15) is 22.8 Å². The Morgan fingerprint density at radius 2 is 1.65 bits per heavy atom. The predicted octanol–water partition coefficient (Wildman–Crippen LogP) is 2.22. The quantitative estimate of drug-likeness (QED) is 0.659. The van der Waals surface area contributed by atoms with E-state index in [1.165, 1.54) is 26.4 Å². The minimum Gasteiger partial charge on any atom is -0.508 e. The largest absolute Gasteiger partial charge is 0.508 e. The predicted molar refractivity (Wildman–Crippen MR) is 75.5 cm³/mol. The summed E-state index contributed by atoms with van der Waals surface area (Å²) in [5.41, 5.74) is 6.77. The van der Waals surface area contributed by atoms with Crippen LogP contribution in [-0.4, -0.2) is 25.1 Å². The molecule has 0 atom stereocenters. The van der Waals surface area contributed by atoms with Gasteiger partial charge in [-0.15, -0.1) is 0 Å². The van der Waals surface area contributed by atoms with Gasteiger partial charge < -0.3 is 20.3 Å². The summed E-state index contributed by atoms with van der Waals surface area (Å²) in [4.78, 5) is 12.6. The van der Waals surface area contributed by atoms with E-state index in [0.717, 1.165) is 0 Å². The lowest BCUT2D eigenvalue weighted by Crippen LogP contribution is -2.09. The summed E-state index contributed by atoms with van der Waals surface area (Å²) in [6.45, 7) is 0. The van der Waals surface area contributed by atoms with Crippen molar-refractivity contribution in [3.05, 3.63) is 47.5 Å². The number of ether oxygens (including phenoxy) is 2. The molecule has 104 valence electrons. The van der Waals surface area contributed by atoms with Crippen molar-refractivity contribution in [2.75, 3.05) is 20.0 Å². The number of carbonyl (C=O) groups excluding carboxylic acids is 1. The maximum absolute atomic E-state index is 12.6. The number of hydrogen-bond donors (Lipinski definition) is 2. The molecule has 5 nitrogen and oxygen atoms in total. The van der Waals surface area contributed by atoms with Gasteiger partial charge in [0.05, 0.1) is 14.2 Å². The van der Waals surface area contributed by atoms with E-state index in [-0.39, 0.29) is 28.6 Å². The Hall–Kier alpha value is -2.69. The zero-order valence-corrected chi connectivity index (χ0v) is 11.2. The van der Waals surface area contributed by atoms with E-state index in [9.17, 15) is 9.90 Å². The van der Waals surface area contributed by atoms with E-state index in [1.54, 1.807) is 24.3 Å². The van der Waals surface area contributed by atoms with Crippen LogP contribution in [0.2, 0.25) is 0 Å². The number of anilines is 1. The first-order valence-electron chi connectivity index (χ1n) is 5.92. The highest BCUT2D eigenvalue weighted by atomic mass is 16.5. The van der Waals surface area contributed by atoms with Gasteiger partial charge in [-0.05, 0) is 12.1 Å². The topological polar surface area (TPSA) is 81.8 Å². The van der Waals surface area contributed by atoms with Crippen LogP contribution in [-0.2, 0) is 0 Å². The summed E-state index contributed by atoms with van der Waals surface area (Å²) in [6.07, 6.45) is 0. The van der Waals surface area contributed by atoms with Crippen LogP contribution in [0.5, 0.6) is 17.2 Å². The molecule has 5 heteroatoms. The summed E-state index contributed by atoms with van der Waals surface area (Å²) in [5.74, 6) is 0.0956. The molecule has 0 spiro atoms. The lowest BCUT2D eigenvalue weighted by Gasteiger charge is -2.13. The molecule has 20 heavy (non-hydrogen) atoms. The summed E-state index contributed by atoms with van der Waals surface area (Å²) in [6, 6.07) is 9.46. The van der Waals surface area contributed by atoms with Gasteiger partial charge in [0.2, 0.25) is 5.78 Å². The van der Waals surface area contributed by atoms with Crippen molar-refractivity contribution in [3.63, 3.8) is 0 Å². The van der Waals surface area contributed by atoms with Crippen molar-refractivity contribution in [1.29, 1.82) is 0 Å². The number of nitrogen functional groups attached to an aromatic ring is 1. The molecule has 0 bridgehead atoms. The number of methoxy groups -OCH3 is 2. The third-order valence-electron chi connectivity index (χ3n) is 2.92. The van der Waals surface area contributed by atoms with Gasteiger partial charge in [-0.3, -0.25) is 4.79 Å². The number of phenols is 1. The minimum atomic E-state index is -0.322. The number of ketones is 1. The highest BCUT2D eigenvalue weighted by Crippen LogP contribution is 2.35. The maximum atomic E-state index is 12.6. The SMILES string of the molecule is COc1cc(O)cc(OC)c1C(=O)c1ccccc1N. The fourth-order valence-corrected chi connectivity index (χ4v) is 1.96. The molecule has 0 aliphatic rings. The molecule has 2 aromatic rings. The first-order chi connectivity index (χ1) is 9.58. The molecule has 0 aromatic heterocycles. The molecular weight excluding hydrogens is 258 g/mol. The van der Waals surface area contributed by atoms with E-state index in [2.05, 4.69) is 0 Å². The average Bonchev–Trinajstić information content (AvgIpc) is 2.46. The van der Waals surface area contributed by atoms with Crippen LogP contribution in [0, 0.1) is 0 Å². The summed E-state index contributed by atoms with van der Waals surface area (Å²) in [5, 5.41) is 9.59. The first-order valence-corrected chi connectivity index (χ1v) is 5.92. The van der Waals surface area contributed by atoms with Gasteiger partial charge in [0.25, 0.3) is 0 Å². The fraction of sp³-hybridized carbons (Fsp3) is 0.133. The van der Waals surface area contributed by atoms with Crippen molar-refractivity contribution in [2.45, 2.75) is 0 Å². The molecular formula is C15H15NO4. The molecule has 0 saturated carbocycles. The Balaban J connectivity index is 2.63. The van der Waals surface area contributed by atoms with Crippen molar-refractivity contribution >= 4 is 11.5 Å². The molecule has 0 aliphatic carbocycles. The number of nitrogens with two attached hydrogens (primary N) is 1. The molecule has 0 unspecified atom stereocenters. The lowest BCUT2D eigenvalue weighted by atomic mass is 9.99. The van der Waals surface area contributed by atoms with E-state index < -0.39 is 0 Å². The monoisotopic (exact) mass is 273 g/mol. The van der Waals surface area contributed by atoms with Crippen LogP contribution >= 0.6 is 0 Å². The Bertz CT molecular complexity index is 627. The average molecular weight is 273 g/mol. The molecule has 0 heterocycles. The van der Waals surface area contributed by atoms with Gasteiger partial charge in [0.15, 0.2) is 0 Å². The normalized spacial score (nSPS) is 10.1. The molecule has 0 amide bonds. The molecule has 0 saturated heterocycles. The van der Waals surface area contributed by atoms with Crippen LogP contribution in [0.3, 0.4) is 0 Å². The Labute approximate surface area is 116 Å². The third kappa shape index (κ3) is 2.38. The number of para-hydroxylation sites is 1. The van der Waals surface area contributed by atoms with E-state index in [0.29, 0.717) is 11.3 Å². The number of hydrogen-bond acceptors (Lipinski definition) is 5. The summed E-state index contributed by atoms with van der Waals surface area (Å²) >= 11 is 0. The van der Waals surface area contributed by atoms with Crippen LogP contribution in [0.25, 0.3) is 0 Å². The fourth-order valence-electron chi connectivity index (χ4n) is 1.96. The number of carbonyl (C=O) groups is 1. The van der Waals surface area contributed by atoms with Crippen molar-refractivity contribution in [1.82, 2.24) is 0 Å². The zero-order chi connectivity index (χ0) is 14.7. The number of rotatable bonds is 4. The van der Waals surface area contributed by atoms with Crippen LogP contribution in [0.15, 0.2) is 36.4 Å². The maximum Gasteiger partial charge on any atom is 0.202 e. The zero-order valence-electron chi connectivity index (χ0n) is 11.2. The Morgan fingerprint density at radius 3 is 2.15 bits per heavy atom. The number of benzene rings is 2. The minimum absolute atomic E-state index is 0.0451. The second-order valence-corrected chi connectivity index (χ2v) is 4.14. The van der Waals surface area contributed by atoms with Gasteiger partial charge in [-0.2, -0.15) is 0 Å². The number of aromatic hydroxyl groups is 1. The molecule has 2 aromatic carbocycles. The van der Waals surface area contributed by atoms with E-state index in [1.807, 2.05) is 0 Å². The first kappa shape index (κ1) is 13.7. The standard InChI is InChI=1S/C15H15NO4/c1-19-12-7-9(17)8-13(20-2)14(12)15(18)10-5-3-4-6-11(10)16/h3-8,17H,16H2,1-2H3. The van der Waals surface area contributed by atoms with Crippen molar-refractivity contribution < 1.29 is 19.4 Å². The summed E-state index contributed by atoms with van der Waals surface area (Å²) < 4.78 is 10.3. The summed E-state index contributed by atoms with van der Waals surface area (Å²) in [7, 11) is 2.83. The number of phenolic OH excluding ortho intramolecular Hbond substituents is 1. The lowest BCUT2D eigenvalue weighted by molar-refractivity contribution is 0.103. The molecule has 3 N–H and O–H groups in total. The van der Waals surface area contributed by atoms with Crippen LogP contribution in [0.1, 0.15) is 15.9 Å². The second kappa shape index (κ2) is 5.52. The van der Waals surface area contributed by atoms with Crippen LogP contribution in [0.4, 0.5) is 5.69 Å². The van der Waals surface area contributed by atoms with E-state index in [4.69, 9.17) is 15.2 Å². The molecule has 0 aliphatic heterocycles. The molecule has 0 radical (unpaired) electrons.